The van der Waals surface area contributed by atoms with Gasteiger partial charge < -0.3 is 5.11 Å². The number of halogens is 4. The molecule has 0 aromatic heterocycles. The molecular formula is C12H14ClF3O. The van der Waals surface area contributed by atoms with Gasteiger partial charge in [0.2, 0.25) is 0 Å². The van der Waals surface area contributed by atoms with Crippen molar-refractivity contribution in [1.82, 2.24) is 0 Å². The standard InChI is InChI=1S/C12H14ClF3O/c1-11(2,7-10(17)12(14,15)16)8-3-5-9(13)6-4-8/h3-6,10,17H,7H2,1-2H3. The molecule has 5 heteroatoms. The molecule has 17 heavy (non-hydrogen) atoms. The molecule has 0 aliphatic rings. The molecule has 0 spiro atoms. The second kappa shape index (κ2) is 4.86. The summed E-state index contributed by atoms with van der Waals surface area (Å²) < 4.78 is 36.9. The van der Waals surface area contributed by atoms with Gasteiger partial charge in [0.05, 0.1) is 0 Å². The fraction of sp³-hybridized carbons (Fsp3) is 0.500. The molecule has 0 radical (unpaired) electrons. The molecule has 0 aliphatic carbocycles. The van der Waals surface area contributed by atoms with Gasteiger partial charge in [-0.1, -0.05) is 37.6 Å². The first kappa shape index (κ1) is 14.3. The minimum atomic E-state index is -4.58. The van der Waals surface area contributed by atoms with Crippen LogP contribution in [0, 0.1) is 0 Å². The lowest BCUT2D eigenvalue weighted by Gasteiger charge is -2.29. The van der Waals surface area contributed by atoms with E-state index in [0.29, 0.717) is 10.6 Å². The van der Waals surface area contributed by atoms with Crippen molar-refractivity contribution in [2.24, 2.45) is 0 Å². The van der Waals surface area contributed by atoms with E-state index in [1.807, 2.05) is 0 Å². The van der Waals surface area contributed by atoms with Crippen LogP contribution in [0.3, 0.4) is 0 Å². The van der Waals surface area contributed by atoms with E-state index >= 15 is 0 Å². The number of hydrogen-bond acceptors (Lipinski definition) is 1. The maximum absolute atomic E-state index is 12.3. The van der Waals surface area contributed by atoms with Gasteiger partial charge >= 0.3 is 6.18 Å². The second-order valence-corrected chi connectivity index (χ2v) is 5.09. The number of rotatable bonds is 3. The highest BCUT2D eigenvalue weighted by atomic mass is 35.5. The lowest BCUT2D eigenvalue weighted by atomic mass is 9.79. The molecule has 0 aliphatic heterocycles. The second-order valence-electron chi connectivity index (χ2n) is 4.65. The van der Waals surface area contributed by atoms with Gasteiger partial charge in [0, 0.05) is 5.02 Å². The van der Waals surface area contributed by atoms with Gasteiger partial charge in [-0.2, -0.15) is 13.2 Å². The van der Waals surface area contributed by atoms with E-state index in [1.165, 1.54) is 0 Å². The average Bonchev–Trinajstić information content (AvgIpc) is 2.16. The number of aliphatic hydroxyl groups excluding tert-OH is 1. The van der Waals surface area contributed by atoms with Crippen LogP contribution in [0.4, 0.5) is 13.2 Å². The molecule has 1 aromatic rings. The Bertz CT molecular complexity index is 370. The van der Waals surface area contributed by atoms with Crippen molar-refractivity contribution in [2.45, 2.75) is 38.0 Å². The van der Waals surface area contributed by atoms with Crippen LogP contribution in [0.1, 0.15) is 25.8 Å². The third kappa shape index (κ3) is 3.89. The summed E-state index contributed by atoms with van der Waals surface area (Å²) >= 11 is 5.71. The lowest BCUT2D eigenvalue weighted by Crippen LogP contribution is -2.35. The molecule has 1 aromatic carbocycles. The first-order valence-corrected chi connectivity index (χ1v) is 5.51. The third-order valence-corrected chi connectivity index (χ3v) is 2.96. The summed E-state index contributed by atoms with van der Waals surface area (Å²) in [6.45, 7) is 3.32. The highest BCUT2D eigenvalue weighted by molar-refractivity contribution is 6.30. The summed E-state index contributed by atoms with van der Waals surface area (Å²) in [5, 5.41) is 9.61. The number of aliphatic hydroxyl groups is 1. The van der Waals surface area contributed by atoms with E-state index in [0.717, 1.165) is 0 Å². The van der Waals surface area contributed by atoms with Crippen LogP contribution in [0.15, 0.2) is 24.3 Å². The molecule has 0 heterocycles. The predicted octanol–water partition coefficient (Wildman–Crippen LogP) is 3.93. The zero-order valence-corrected chi connectivity index (χ0v) is 10.3. The van der Waals surface area contributed by atoms with E-state index < -0.39 is 17.7 Å². The SMILES string of the molecule is CC(C)(CC(O)C(F)(F)F)c1ccc(Cl)cc1. The van der Waals surface area contributed by atoms with E-state index in [4.69, 9.17) is 16.7 Å². The maximum Gasteiger partial charge on any atom is 0.414 e. The first-order chi connectivity index (χ1) is 7.63. The van der Waals surface area contributed by atoms with Crippen molar-refractivity contribution in [3.63, 3.8) is 0 Å². The molecule has 0 saturated carbocycles. The van der Waals surface area contributed by atoms with E-state index in [9.17, 15) is 13.2 Å². The molecule has 1 unspecified atom stereocenters. The molecule has 0 saturated heterocycles. The minimum absolute atomic E-state index is 0.377. The number of alkyl halides is 3. The largest absolute Gasteiger partial charge is 0.414 e. The van der Waals surface area contributed by atoms with Crippen molar-refractivity contribution in [1.29, 1.82) is 0 Å². The number of benzene rings is 1. The summed E-state index contributed by atoms with van der Waals surface area (Å²) in [6, 6.07) is 6.59. The van der Waals surface area contributed by atoms with Crippen LogP contribution in [-0.2, 0) is 5.41 Å². The van der Waals surface area contributed by atoms with Gasteiger partial charge in [-0.05, 0) is 29.5 Å². The quantitative estimate of drug-likeness (QED) is 0.879. The van der Waals surface area contributed by atoms with Gasteiger partial charge in [-0.3, -0.25) is 0 Å². The molecular weight excluding hydrogens is 253 g/mol. The molecule has 1 atom stereocenters. The summed E-state index contributed by atoms with van der Waals surface area (Å²) in [6.07, 6.45) is -7.27. The smallest absolute Gasteiger partial charge is 0.384 e. The van der Waals surface area contributed by atoms with E-state index in [-0.39, 0.29) is 6.42 Å². The fourth-order valence-corrected chi connectivity index (χ4v) is 1.74. The molecule has 0 fully saturated rings. The monoisotopic (exact) mass is 266 g/mol. The fourth-order valence-electron chi connectivity index (χ4n) is 1.62. The van der Waals surface area contributed by atoms with Crippen molar-refractivity contribution in [3.05, 3.63) is 34.9 Å². The van der Waals surface area contributed by atoms with Crippen LogP contribution in [0.25, 0.3) is 0 Å². The molecule has 1 rings (SSSR count). The predicted molar refractivity (Wildman–Crippen MR) is 61.2 cm³/mol. The Balaban J connectivity index is 2.85. The average molecular weight is 267 g/mol. The Hall–Kier alpha value is -0.740. The first-order valence-electron chi connectivity index (χ1n) is 5.14. The highest BCUT2D eigenvalue weighted by Gasteiger charge is 2.41. The summed E-state index contributed by atoms with van der Waals surface area (Å²) in [7, 11) is 0. The summed E-state index contributed by atoms with van der Waals surface area (Å²) in [4.78, 5) is 0. The maximum atomic E-state index is 12.3. The van der Waals surface area contributed by atoms with E-state index in [1.54, 1.807) is 38.1 Å². The van der Waals surface area contributed by atoms with Crippen LogP contribution >= 0.6 is 11.6 Å². The Morgan fingerprint density at radius 3 is 2.06 bits per heavy atom. The Morgan fingerprint density at radius 2 is 1.65 bits per heavy atom. The molecule has 1 nitrogen and oxygen atoms in total. The molecule has 96 valence electrons. The molecule has 1 N–H and O–H groups in total. The Kier molecular flexibility index (Phi) is 4.10. The van der Waals surface area contributed by atoms with Gasteiger partial charge in [0.15, 0.2) is 6.10 Å². The van der Waals surface area contributed by atoms with Crippen LogP contribution in [-0.4, -0.2) is 17.4 Å². The topological polar surface area (TPSA) is 20.2 Å². The highest BCUT2D eigenvalue weighted by Crippen LogP contribution is 2.34. The van der Waals surface area contributed by atoms with Crippen LogP contribution in [0.5, 0.6) is 0 Å². The van der Waals surface area contributed by atoms with Gasteiger partial charge in [-0.25, -0.2) is 0 Å². The van der Waals surface area contributed by atoms with Crippen molar-refractivity contribution < 1.29 is 18.3 Å². The van der Waals surface area contributed by atoms with Gasteiger partial charge in [0.1, 0.15) is 0 Å². The summed E-state index contributed by atoms with van der Waals surface area (Å²) in [5.41, 5.74) is -0.0512. The third-order valence-electron chi connectivity index (χ3n) is 2.71. The normalized spacial score (nSPS) is 14.8. The Morgan fingerprint density at radius 1 is 1.18 bits per heavy atom. The zero-order chi connectivity index (χ0) is 13.3. The van der Waals surface area contributed by atoms with Crippen LogP contribution in [0.2, 0.25) is 5.02 Å². The van der Waals surface area contributed by atoms with E-state index in [2.05, 4.69) is 0 Å². The zero-order valence-electron chi connectivity index (χ0n) is 9.55. The Labute approximate surface area is 103 Å². The lowest BCUT2D eigenvalue weighted by molar-refractivity contribution is -0.208. The minimum Gasteiger partial charge on any atom is -0.384 e. The molecule has 0 bridgehead atoms. The number of hydrogen-bond donors (Lipinski definition) is 1. The summed E-state index contributed by atoms with van der Waals surface area (Å²) in [5.74, 6) is 0. The van der Waals surface area contributed by atoms with Crippen molar-refractivity contribution in [2.75, 3.05) is 0 Å². The molecule has 0 amide bonds. The van der Waals surface area contributed by atoms with Gasteiger partial charge in [-0.15, -0.1) is 0 Å². The van der Waals surface area contributed by atoms with Crippen molar-refractivity contribution in [3.8, 4) is 0 Å². The van der Waals surface area contributed by atoms with Crippen LogP contribution < -0.4 is 0 Å². The van der Waals surface area contributed by atoms with Crippen molar-refractivity contribution >= 4 is 11.6 Å². The van der Waals surface area contributed by atoms with Gasteiger partial charge in [0.25, 0.3) is 0 Å².